The van der Waals surface area contributed by atoms with Gasteiger partial charge in [0.15, 0.2) is 0 Å². The number of hydrogen-bond acceptors (Lipinski definition) is 5. The standard InChI is InChI=1S/C20H23F3N2O4S/c1-3-29-19(26)17(24-13-15-7-5-4-6-8-15)18(20(21,22)23)25-30(27,28)16-11-9-14(2)10-12-16/h4-12,17-18,24-25H,3,13H2,1-2H3/t17-,18+/m1/s1. The number of hydrogen-bond donors (Lipinski definition) is 2. The van der Waals surface area contributed by atoms with E-state index in [0.717, 1.165) is 5.56 Å². The van der Waals surface area contributed by atoms with Gasteiger partial charge in [0.05, 0.1) is 11.5 Å². The molecule has 0 aliphatic heterocycles. The third-order valence-electron chi connectivity index (χ3n) is 4.21. The molecular weight excluding hydrogens is 421 g/mol. The molecule has 0 saturated carbocycles. The van der Waals surface area contributed by atoms with Gasteiger partial charge in [-0.05, 0) is 31.5 Å². The summed E-state index contributed by atoms with van der Waals surface area (Å²) in [6.45, 7) is 2.92. The normalized spacial score (nSPS) is 14.2. The fourth-order valence-electron chi connectivity index (χ4n) is 2.67. The van der Waals surface area contributed by atoms with Crippen LogP contribution in [0.5, 0.6) is 0 Å². The van der Waals surface area contributed by atoms with Gasteiger partial charge >= 0.3 is 12.1 Å². The van der Waals surface area contributed by atoms with Crippen molar-refractivity contribution in [3.05, 3.63) is 65.7 Å². The molecule has 0 heterocycles. The first kappa shape index (κ1) is 23.8. The molecule has 164 valence electrons. The molecule has 0 aliphatic carbocycles. The van der Waals surface area contributed by atoms with E-state index in [0.29, 0.717) is 5.56 Å². The molecule has 2 aromatic rings. The lowest BCUT2D eigenvalue weighted by Crippen LogP contribution is -2.60. The van der Waals surface area contributed by atoms with Crippen LogP contribution in [0.4, 0.5) is 13.2 Å². The van der Waals surface area contributed by atoms with E-state index in [-0.39, 0.29) is 18.0 Å². The summed E-state index contributed by atoms with van der Waals surface area (Å²) in [5.74, 6) is -1.21. The molecule has 10 heteroatoms. The molecule has 30 heavy (non-hydrogen) atoms. The summed E-state index contributed by atoms with van der Waals surface area (Å²) in [6, 6.07) is 9.06. The van der Waals surface area contributed by atoms with Gasteiger partial charge in [0.2, 0.25) is 10.0 Å². The first-order chi connectivity index (χ1) is 14.0. The minimum atomic E-state index is -5.06. The minimum absolute atomic E-state index is 0.0941. The van der Waals surface area contributed by atoms with Crippen molar-refractivity contribution < 1.29 is 31.1 Å². The van der Waals surface area contributed by atoms with E-state index < -0.39 is 34.3 Å². The highest BCUT2D eigenvalue weighted by Gasteiger charge is 2.50. The average molecular weight is 444 g/mol. The number of rotatable bonds is 9. The summed E-state index contributed by atoms with van der Waals surface area (Å²) < 4.78 is 73.0. The molecule has 2 aromatic carbocycles. The summed E-state index contributed by atoms with van der Waals surface area (Å²) in [5, 5.41) is 2.49. The highest BCUT2D eigenvalue weighted by molar-refractivity contribution is 7.89. The van der Waals surface area contributed by atoms with E-state index >= 15 is 0 Å². The zero-order valence-corrected chi connectivity index (χ0v) is 17.3. The van der Waals surface area contributed by atoms with E-state index in [4.69, 9.17) is 4.74 Å². The average Bonchev–Trinajstić information content (AvgIpc) is 2.68. The van der Waals surface area contributed by atoms with Crippen molar-refractivity contribution in [3.63, 3.8) is 0 Å². The van der Waals surface area contributed by atoms with Gasteiger partial charge in [-0.25, -0.2) is 8.42 Å². The summed E-state index contributed by atoms with van der Waals surface area (Å²) in [5.41, 5.74) is 1.37. The second kappa shape index (κ2) is 10.1. The van der Waals surface area contributed by atoms with Gasteiger partial charge in [0.25, 0.3) is 0 Å². The van der Waals surface area contributed by atoms with Crippen molar-refractivity contribution in [2.75, 3.05) is 6.61 Å². The Labute approximate surface area is 173 Å². The number of carbonyl (C=O) groups excluding carboxylic acids is 1. The predicted octanol–water partition coefficient (Wildman–Crippen LogP) is 2.93. The lowest BCUT2D eigenvalue weighted by atomic mass is 10.1. The Bertz CT molecular complexity index is 933. The summed E-state index contributed by atoms with van der Waals surface area (Å²) in [6.07, 6.45) is -5.06. The predicted molar refractivity (Wildman–Crippen MR) is 105 cm³/mol. The van der Waals surface area contributed by atoms with Crippen LogP contribution in [0.1, 0.15) is 18.1 Å². The van der Waals surface area contributed by atoms with E-state index in [9.17, 15) is 26.4 Å². The second-order valence-electron chi connectivity index (χ2n) is 6.55. The number of esters is 1. The monoisotopic (exact) mass is 444 g/mol. The highest BCUT2D eigenvalue weighted by atomic mass is 32.2. The summed E-state index contributed by atoms with van der Waals surface area (Å²) >= 11 is 0. The molecule has 2 atom stereocenters. The Balaban J connectivity index is 2.34. The summed E-state index contributed by atoms with van der Waals surface area (Å²) in [7, 11) is -4.55. The molecule has 0 saturated heterocycles. The Hall–Kier alpha value is -2.43. The maximum atomic E-state index is 13.8. The third-order valence-corrected chi connectivity index (χ3v) is 5.67. The van der Waals surface area contributed by atoms with Crippen LogP contribution in [0.2, 0.25) is 0 Å². The maximum Gasteiger partial charge on any atom is 0.406 e. The number of aryl methyl sites for hydroxylation is 1. The molecular formula is C20H23F3N2O4S. The van der Waals surface area contributed by atoms with Crippen molar-refractivity contribution in [2.45, 2.75) is 43.5 Å². The lowest BCUT2D eigenvalue weighted by Gasteiger charge is -2.29. The highest BCUT2D eigenvalue weighted by Crippen LogP contribution is 2.26. The zero-order chi connectivity index (χ0) is 22.4. The van der Waals surface area contributed by atoms with E-state index in [1.165, 1.54) is 31.2 Å². The maximum absolute atomic E-state index is 13.8. The molecule has 0 radical (unpaired) electrons. The lowest BCUT2D eigenvalue weighted by molar-refractivity contribution is -0.172. The van der Waals surface area contributed by atoms with Crippen LogP contribution < -0.4 is 10.0 Å². The largest absolute Gasteiger partial charge is 0.465 e. The number of alkyl halides is 3. The summed E-state index contributed by atoms with van der Waals surface area (Å²) in [4.78, 5) is 12.0. The Morgan fingerprint density at radius 2 is 1.67 bits per heavy atom. The minimum Gasteiger partial charge on any atom is -0.465 e. The molecule has 0 spiro atoms. The fraction of sp³-hybridized carbons (Fsp3) is 0.350. The van der Waals surface area contributed by atoms with Crippen molar-refractivity contribution in [2.24, 2.45) is 0 Å². The molecule has 0 amide bonds. The van der Waals surface area contributed by atoms with Crippen LogP contribution in [0.25, 0.3) is 0 Å². The molecule has 0 fully saturated rings. The van der Waals surface area contributed by atoms with Crippen LogP contribution in [0.15, 0.2) is 59.5 Å². The first-order valence-corrected chi connectivity index (χ1v) is 10.6. The SMILES string of the molecule is CCOC(=O)[C@H](NCc1ccccc1)[C@H](NS(=O)(=O)c1ccc(C)cc1)C(F)(F)F. The van der Waals surface area contributed by atoms with E-state index in [1.807, 2.05) is 0 Å². The number of nitrogens with one attached hydrogen (secondary N) is 2. The topological polar surface area (TPSA) is 84.5 Å². The fourth-order valence-corrected chi connectivity index (χ4v) is 3.90. The van der Waals surface area contributed by atoms with Crippen LogP contribution in [-0.2, 0) is 26.1 Å². The van der Waals surface area contributed by atoms with Gasteiger partial charge in [0.1, 0.15) is 12.1 Å². The molecule has 0 aliphatic rings. The molecule has 2 N–H and O–H groups in total. The molecule has 0 unspecified atom stereocenters. The first-order valence-electron chi connectivity index (χ1n) is 9.14. The van der Waals surface area contributed by atoms with Crippen molar-refractivity contribution in [3.8, 4) is 0 Å². The van der Waals surface area contributed by atoms with E-state index in [1.54, 1.807) is 42.0 Å². The molecule has 0 aromatic heterocycles. The second-order valence-corrected chi connectivity index (χ2v) is 8.26. The van der Waals surface area contributed by atoms with Crippen molar-refractivity contribution >= 4 is 16.0 Å². The Morgan fingerprint density at radius 3 is 2.20 bits per heavy atom. The number of sulfonamides is 1. The van der Waals surface area contributed by atoms with Gasteiger partial charge in [-0.3, -0.25) is 10.1 Å². The molecule has 6 nitrogen and oxygen atoms in total. The zero-order valence-electron chi connectivity index (χ0n) is 16.4. The van der Waals surface area contributed by atoms with E-state index in [2.05, 4.69) is 5.32 Å². The quantitative estimate of drug-likeness (QED) is 0.581. The van der Waals surface area contributed by atoms with Crippen molar-refractivity contribution in [1.29, 1.82) is 0 Å². The van der Waals surface area contributed by atoms with Crippen LogP contribution in [-0.4, -0.2) is 39.3 Å². The van der Waals surface area contributed by atoms with Crippen molar-refractivity contribution in [1.82, 2.24) is 10.0 Å². The Morgan fingerprint density at radius 1 is 1.07 bits per heavy atom. The van der Waals surface area contributed by atoms with Gasteiger partial charge in [-0.1, -0.05) is 48.0 Å². The van der Waals surface area contributed by atoms with Crippen LogP contribution >= 0.6 is 0 Å². The number of ether oxygens (including phenoxy) is 1. The number of benzene rings is 2. The molecule has 0 bridgehead atoms. The van der Waals surface area contributed by atoms with Gasteiger partial charge in [-0.2, -0.15) is 17.9 Å². The Kier molecular flexibility index (Phi) is 7.99. The third kappa shape index (κ3) is 6.54. The smallest absolute Gasteiger partial charge is 0.406 e. The van der Waals surface area contributed by atoms with Gasteiger partial charge in [-0.15, -0.1) is 0 Å². The van der Waals surface area contributed by atoms with Gasteiger partial charge < -0.3 is 4.74 Å². The van der Waals surface area contributed by atoms with Crippen LogP contribution in [0.3, 0.4) is 0 Å². The van der Waals surface area contributed by atoms with Crippen LogP contribution in [0, 0.1) is 6.92 Å². The van der Waals surface area contributed by atoms with Gasteiger partial charge in [0, 0.05) is 6.54 Å². The molecule has 2 rings (SSSR count). The number of carbonyl (C=O) groups is 1. The number of halogens is 3.